The lowest BCUT2D eigenvalue weighted by Gasteiger charge is -2.14. The van der Waals surface area contributed by atoms with Crippen LogP contribution < -0.4 is 4.74 Å². The minimum atomic E-state index is -3.33. The Kier molecular flexibility index (Phi) is 4.56. The van der Waals surface area contributed by atoms with E-state index in [4.69, 9.17) is 16.3 Å². The molecule has 0 saturated heterocycles. The summed E-state index contributed by atoms with van der Waals surface area (Å²) in [7, 11) is -1.80. The molecule has 0 amide bonds. The first-order valence-corrected chi connectivity index (χ1v) is 8.41. The van der Waals surface area contributed by atoms with Crippen molar-refractivity contribution >= 4 is 21.4 Å². The third-order valence-corrected chi connectivity index (χ3v) is 4.54. The summed E-state index contributed by atoms with van der Waals surface area (Å²) in [6.07, 6.45) is 0.115. The van der Waals surface area contributed by atoms with E-state index in [1.165, 1.54) is 19.2 Å². The Balaban J connectivity index is 2.43. The predicted molar refractivity (Wildman–Crippen MR) is 81.6 cm³/mol. The quantitative estimate of drug-likeness (QED) is 0.938. The van der Waals surface area contributed by atoms with Crippen molar-refractivity contribution in [2.45, 2.75) is 11.0 Å². The van der Waals surface area contributed by atoms with Crippen LogP contribution in [0.15, 0.2) is 47.4 Å². The fourth-order valence-corrected chi connectivity index (χ4v) is 2.90. The number of benzene rings is 2. The summed E-state index contributed by atoms with van der Waals surface area (Å²) in [6.45, 7) is 0. The summed E-state index contributed by atoms with van der Waals surface area (Å²) in [5.74, 6) is 0.584. The zero-order valence-corrected chi connectivity index (χ0v) is 13.1. The minimum absolute atomic E-state index is 0.156. The summed E-state index contributed by atoms with van der Waals surface area (Å²) >= 11 is 6.12. The van der Waals surface area contributed by atoms with Crippen LogP contribution in [0.25, 0.3) is 0 Å². The minimum Gasteiger partial charge on any atom is -0.497 e. The predicted octanol–water partition coefficient (Wildman–Crippen LogP) is 2.83. The van der Waals surface area contributed by atoms with E-state index in [-0.39, 0.29) is 4.90 Å². The Hall–Kier alpha value is -1.56. The third kappa shape index (κ3) is 3.56. The standard InChI is InChI=1S/C15H15ClO4S/c1-20-11-6-7-13(14(16)9-11)15(17)10-4-3-5-12(8-10)21(2,18)19/h3-9,15,17H,1-2H3. The van der Waals surface area contributed by atoms with Crippen molar-refractivity contribution in [1.82, 2.24) is 0 Å². The van der Waals surface area contributed by atoms with Crippen molar-refractivity contribution in [2.24, 2.45) is 0 Å². The molecule has 0 aromatic heterocycles. The van der Waals surface area contributed by atoms with Crippen molar-refractivity contribution in [3.63, 3.8) is 0 Å². The molecular weight excluding hydrogens is 312 g/mol. The first kappa shape index (κ1) is 15.8. The van der Waals surface area contributed by atoms with Crippen LogP contribution in [0.2, 0.25) is 5.02 Å². The average molecular weight is 327 g/mol. The van der Waals surface area contributed by atoms with Crippen LogP contribution in [0.5, 0.6) is 5.75 Å². The molecule has 0 aliphatic rings. The van der Waals surface area contributed by atoms with Gasteiger partial charge >= 0.3 is 0 Å². The molecule has 0 fully saturated rings. The van der Waals surface area contributed by atoms with Crippen LogP contribution in [-0.4, -0.2) is 26.9 Å². The van der Waals surface area contributed by atoms with Gasteiger partial charge in [-0.3, -0.25) is 0 Å². The lowest BCUT2D eigenvalue weighted by molar-refractivity contribution is 0.220. The summed E-state index contributed by atoms with van der Waals surface area (Å²) in [5, 5.41) is 10.8. The molecule has 0 bridgehead atoms. The van der Waals surface area contributed by atoms with Crippen molar-refractivity contribution in [3.8, 4) is 5.75 Å². The fourth-order valence-electron chi connectivity index (χ4n) is 1.95. The van der Waals surface area contributed by atoms with E-state index < -0.39 is 15.9 Å². The molecular formula is C15H15ClO4S. The maximum Gasteiger partial charge on any atom is 0.175 e. The van der Waals surface area contributed by atoms with Crippen molar-refractivity contribution in [2.75, 3.05) is 13.4 Å². The molecule has 112 valence electrons. The highest BCUT2D eigenvalue weighted by Crippen LogP contribution is 2.31. The molecule has 2 aromatic carbocycles. The first-order valence-electron chi connectivity index (χ1n) is 6.14. The number of methoxy groups -OCH3 is 1. The highest BCUT2D eigenvalue weighted by atomic mass is 35.5. The topological polar surface area (TPSA) is 63.6 Å². The van der Waals surface area contributed by atoms with Crippen molar-refractivity contribution in [3.05, 3.63) is 58.6 Å². The van der Waals surface area contributed by atoms with Gasteiger partial charge in [-0.05, 0) is 29.8 Å². The summed E-state index contributed by atoms with van der Waals surface area (Å²) in [4.78, 5) is 0.156. The van der Waals surface area contributed by atoms with E-state index in [1.54, 1.807) is 30.3 Å². The molecule has 0 saturated carbocycles. The van der Waals surface area contributed by atoms with E-state index in [9.17, 15) is 13.5 Å². The summed E-state index contributed by atoms with van der Waals surface area (Å²) < 4.78 is 28.2. The Morgan fingerprint density at radius 3 is 2.48 bits per heavy atom. The molecule has 21 heavy (non-hydrogen) atoms. The number of sulfone groups is 1. The Bertz CT molecular complexity index is 756. The molecule has 1 N–H and O–H groups in total. The van der Waals surface area contributed by atoms with Crippen LogP contribution in [0, 0.1) is 0 Å². The smallest absolute Gasteiger partial charge is 0.175 e. The van der Waals surface area contributed by atoms with Crippen LogP contribution in [-0.2, 0) is 9.84 Å². The second-order valence-corrected chi connectivity index (χ2v) is 7.06. The zero-order chi connectivity index (χ0) is 15.6. The van der Waals surface area contributed by atoms with Crippen LogP contribution in [0.3, 0.4) is 0 Å². The Morgan fingerprint density at radius 2 is 1.90 bits per heavy atom. The van der Waals surface area contributed by atoms with E-state index >= 15 is 0 Å². The maximum atomic E-state index is 11.6. The molecule has 0 aliphatic carbocycles. The molecule has 1 unspecified atom stereocenters. The molecule has 1 atom stereocenters. The van der Waals surface area contributed by atoms with Crippen LogP contribution >= 0.6 is 11.6 Å². The highest BCUT2D eigenvalue weighted by molar-refractivity contribution is 7.90. The van der Waals surface area contributed by atoms with E-state index in [0.717, 1.165) is 6.26 Å². The van der Waals surface area contributed by atoms with Gasteiger partial charge in [-0.1, -0.05) is 29.8 Å². The number of aliphatic hydroxyl groups is 1. The molecule has 6 heteroatoms. The zero-order valence-electron chi connectivity index (χ0n) is 11.6. The van der Waals surface area contributed by atoms with Crippen LogP contribution in [0.4, 0.5) is 0 Å². The van der Waals surface area contributed by atoms with E-state index in [0.29, 0.717) is 21.9 Å². The van der Waals surface area contributed by atoms with Crippen molar-refractivity contribution < 1.29 is 18.3 Å². The van der Waals surface area contributed by atoms with Gasteiger partial charge in [0.05, 0.1) is 17.0 Å². The molecule has 2 aromatic rings. The van der Waals surface area contributed by atoms with E-state index in [1.807, 2.05) is 0 Å². The second-order valence-electron chi connectivity index (χ2n) is 4.63. The van der Waals surface area contributed by atoms with Gasteiger partial charge in [-0.25, -0.2) is 8.42 Å². The lowest BCUT2D eigenvalue weighted by Crippen LogP contribution is -2.03. The van der Waals surface area contributed by atoms with E-state index in [2.05, 4.69) is 0 Å². The normalized spacial score (nSPS) is 13.0. The Labute approximate surface area is 128 Å². The number of halogens is 1. The Morgan fingerprint density at radius 1 is 1.19 bits per heavy atom. The van der Waals surface area contributed by atoms with Gasteiger partial charge in [0.1, 0.15) is 11.9 Å². The lowest BCUT2D eigenvalue weighted by atomic mass is 10.0. The number of ether oxygens (including phenoxy) is 1. The SMILES string of the molecule is COc1ccc(C(O)c2cccc(S(C)(=O)=O)c2)c(Cl)c1. The van der Waals surface area contributed by atoms with Gasteiger partial charge in [0.2, 0.25) is 0 Å². The number of hydrogen-bond acceptors (Lipinski definition) is 4. The molecule has 0 aliphatic heterocycles. The van der Waals surface area contributed by atoms with Crippen molar-refractivity contribution in [1.29, 1.82) is 0 Å². The summed E-state index contributed by atoms with van der Waals surface area (Å²) in [5.41, 5.74) is 0.952. The molecule has 4 nitrogen and oxygen atoms in total. The van der Waals surface area contributed by atoms with Gasteiger partial charge < -0.3 is 9.84 Å². The number of aliphatic hydroxyl groups excluding tert-OH is 1. The monoisotopic (exact) mass is 326 g/mol. The first-order chi connectivity index (χ1) is 9.82. The van der Waals surface area contributed by atoms with Gasteiger partial charge in [-0.2, -0.15) is 0 Å². The van der Waals surface area contributed by atoms with Gasteiger partial charge in [0.15, 0.2) is 9.84 Å². The number of rotatable bonds is 4. The van der Waals surface area contributed by atoms with Gasteiger partial charge in [-0.15, -0.1) is 0 Å². The van der Waals surface area contributed by atoms with Gasteiger partial charge in [0, 0.05) is 11.8 Å². The fraction of sp³-hybridized carbons (Fsp3) is 0.200. The third-order valence-electron chi connectivity index (χ3n) is 3.10. The van der Waals surface area contributed by atoms with Crippen LogP contribution in [0.1, 0.15) is 17.2 Å². The highest BCUT2D eigenvalue weighted by Gasteiger charge is 2.17. The van der Waals surface area contributed by atoms with Gasteiger partial charge in [0.25, 0.3) is 0 Å². The molecule has 0 spiro atoms. The summed E-state index contributed by atoms with van der Waals surface area (Å²) in [6, 6.07) is 11.1. The molecule has 0 radical (unpaired) electrons. The number of hydrogen-bond donors (Lipinski definition) is 1. The maximum absolute atomic E-state index is 11.6. The average Bonchev–Trinajstić information content (AvgIpc) is 2.45. The second kappa shape index (κ2) is 6.05. The molecule has 0 heterocycles. The largest absolute Gasteiger partial charge is 0.497 e. The molecule has 2 rings (SSSR count).